The lowest BCUT2D eigenvalue weighted by molar-refractivity contribution is -0.130. The van der Waals surface area contributed by atoms with Crippen LogP contribution in [0.4, 0.5) is 24.8 Å². The second-order valence-electron chi connectivity index (χ2n) is 8.07. The van der Waals surface area contributed by atoms with Crippen LogP contribution in [0.15, 0.2) is 24.3 Å². The van der Waals surface area contributed by atoms with Gasteiger partial charge in [-0.15, -0.1) is 0 Å². The largest absolute Gasteiger partial charge is 0.487 e. The lowest BCUT2D eigenvalue weighted by Gasteiger charge is -2.16. The van der Waals surface area contributed by atoms with Crippen LogP contribution in [0.2, 0.25) is 10.0 Å². The number of benzene rings is 2. The summed E-state index contributed by atoms with van der Waals surface area (Å²) >= 11 is 12.8. The van der Waals surface area contributed by atoms with Crippen molar-refractivity contribution in [3.8, 4) is 5.75 Å². The van der Waals surface area contributed by atoms with Crippen molar-refractivity contribution in [1.82, 2.24) is 14.9 Å². The molecule has 0 saturated carbocycles. The van der Waals surface area contributed by atoms with Crippen molar-refractivity contribution in [3.63, 3.8) is 0 Å². The summed E-state index contributed by atoms with van der Waals surface area (Å²) in [6.07, 6.45) is -2.74. The Morgan fingerprint density at radius 3 is 2.54 bits per heavy atom. The van der Waals surface area contributed by atoms with E-state index in [4.69, 9.17) is 33.7 Å². The van der Waals surface area contributed by atoms with Crippen LogP contribution in [0.25, 0.3) is 11.0 Å². The number of nitrogens with one attached hydrogen (secondary N) is 2. The molecule has 4 N–H and O–H groups in total. The Kier molecular flexibility index (Phi) is 7.71. The Bertz CT molecular complexity index is 1290. The summed E-state index contributed by atoms with van der Waals surface area (Å²) in [7, 11) is 1.63. The van der Waals surface area contributed by atoms with Gasteiger partial charge in [0.05, 0.1) is 32.3 Å². The average Bonchev–Trinajstić information content (AvgIpc) is 3.07. The van der Waals surface area contributed by atoms with Gasteiger partial charge in [-0.25, -0.2) is 18.2 Å². The smallest absolute Gasteiger partial charge is 0.272 e. The number of carbonyl (C=O) groups is 2. The first-order valence-corrected chi connectivity index (χ1v) is 11.0. The summed E-state index contributed by atoms with van der Waals surface area (Å²) in [5.74, 6) is -1.53. The van der Waals surface area contributed by atoms with E-state index in [1.165, 1.54) is 12.1 Å². The van der Waals surface area contributed by atoms with Crippen molar-refractivity contribution in [1.29, 1.82) is 0 Å². The highest BCUT2D eigenvalue weighted by Crippen LogP contribution is 2.36. The number of rotatable bonds is 9. The number of imidazole rings is 1. The zero-order valence-electron chi connectivity index (χ0n) is 18.9. The molecule has 1 heterocycles. The zero-order chi connectivity index (χ0) is 26.1. The van der Waals surface area contributed by atoms with Crippen molar-refractivity contribution in [2.75, 3.05) is 11.9 Å². The molecule has 8 nitrogen and oxygen atoms in total. The number of primary amides is 1. The van der Waals surface area contributed by atoms with Crippen LogP contribution in [0.3, 0.4) is 0 Å². The number of hydrogen-bond acceptors (Lipinski definition) is 5. The second kappa shape index (κ2) is 10.2. The maximum atomic E-state index is 13.8. The molecule has 0 spiro atoms. The van der Waals surface area contributed by atoms with E-state index in [1.54, 1.807) is 23.7 Å². The highest BCUT2D eigenvalue weighted by Gasteiger charge is 2.26. The van der Waals surface area contributed by atoms with Crippen molar-refractivity contribution < 1.29 is 27.5 Å². The molecule has 3 rings (SSSR count). The van der Waals surface area contributed by atoms with E-state index in [9.17, 15) is 22.8 Å². The predicted octanol–water partition coefficient (Wildman–Crippen LogP) is 4.73. The maximum absolute atomic E-state index is 13.8. The molecule has 2 aromatic carbocycles. The van der Waals surface area contributed by atoms with E-state index < -0.39 is 30.5 Å². The Morgan fingerprint density at radius 2 is 1.94 bits per heavy atom. The number of nitrogens with zero attached hydrogens (tertiary/aromatic N) is 2. The molecule has 0 atom stereocenters. The number of carbonyl (C=O) groups excluding carboxylic acids is 2. The van der Waals surface area contributed by atoms with Crippen LogP contribution in [0.1, 0.15) is 29.8 Å². The minimum absolute atomic E-state index is 0.0494. The number of hydrogen-bond donors (Lipinski definition) is 3. The molecule has 0 saturated heterocycles. The number of fused-ring (bicyclic) bond motifs is 1. The molecule has 0 aliphatic carbocycles. The summed E-state index contributed by atoms with van der Waals surface area (Å²) in [6, 6.07) is 5.84. The van der Waals surface area contributed by atoms with Gasteiger partial charge in [0.15, 0.2) is 5.67 Å². The normalized spacial score (nSPS) is 11.7. The highest BCUT2D eigenvalue weighted by atomic mass is 35.5. The third-order valence-electron chi connectivity index (χ3n) is 5.00. The lowest BCUT2D eigenvalue weighted by atomic mass is 10.1. The van der Waals surface area contributed by atoms with Gasteiger partial charge < -0.3 is 25.7 Å². The van der Waals surface area contributed by atoms with Crippen molar-refractivity contribution in [2.45, 2.75) is 32.5 Å². The second-order valence-corrected chi connectivity index (χ2v) is 8.86. The van der Waals surface area contributed by atoms with E-state index in [2.05, 4.69) is 15.6 Å². The van der Waals surface area contributed by atoms with Gasteiger partial charge in [-0.3, -0.25) is 9.59 Å². The minimum Gasteiger partial charge on any atom is -0.487 e. The predicted molar refractivity (Wildman–Crippen MR) is 128 cm³/mol. The third-order valence-corrected chi connectivity index (χ3v) is 5.75. The molecule has 3 aromatic rings. The molecule has 35 heavy (non-hydrogen) atoms. The fourth-order valence-corrected chi connectivity index (χ4v) is 3.67. The summed E-state index contributed by atoms with van der Waals surface area (Å²) in [4.78, 5) is 28.1. The van der Waals surface area contributed by atoms with Crippen LogP contribution in [0, 0.1) is 0 Å². The molecule has 1 aromatic heterocycles. The van der Waals surface area contributed by atoms with Gasteiger partial charge in [-0.1, -0.05) is 29.3 Å². The molecule has 0 unspecified atom stereocenters. The Morgan fingerprint density at radius 1 is 1.26 bits per heavy atom. The van der Waals surface area contributed by atoms with E-state index in [1.807, 2.05) is 0 Å². The van der Waals surface area contributed by atoms with Crippen LogP contribution < -0.4 is 21.1 Å². The topological polar surface area (TPSA) is 111 Å². The van der Waals surface area contributed by atoms with Gasteiger partial charge >= 0.3 is 0 Å². The molecule has 13 heteroatoms. The van der Waals surface area contributed by atoms with Crippen LogP contribution in [-0.2, 0) is 18.4 Å². The number of anilines is 2. The number of amides is 2. The monoisotopic (exact) mass is 531 g/mol. The van der Waals surface area contributed by atoms with Crippen molar-refractivity contribution in [3.05, 3.63) is 45.4 Å². The molecule has 0 radical (unpaired) electrons. The summed E-state index contributed by atoms with van der Waals surface area (Å²) in [5, 5.41) is 5.87. The fourth-order valence-electron chi connectivity index (χ4n) is 3.14. The minimum atomic E-state index is -2.74. The summed E-state index contributed by atoms with van der Waals surface area (Å²) in [5.41, 5.74) is 4.71. The molecular weight excluding hydrogens is 510 g/mol. The van der Waals surface area contributed by atoms with E-state index in [0.717, 1.165) is 13.8 Å². The Balaban J connectivity index is 1.96. The fraction of sp³-hybridized carbons (Fsp3) is 0.318. The summed E-state index contributed by atoms with van der Waals surface area (Å²) < 4.78 is 45.7. The SMILES string of the molecule is Cn1c(Nc2c(Cl)ccc(CNC(=O)C(C)(C)F)c2Cl)nc2cc(C(N)=O)c(OCC(F)F)cc21. The number of nitrogens with two attached hydrogens (primary N) is 1. The first-order chi connectivity index (χ1) is 16.3. The number of ether oxygens (including phenoxy) is 1. The lowest BCUT2D eigenvalue weighted by Crippen LogP contribution is -2.38. The standard InChI is InChI=1S/C22H22Cl2F3N5O3/c1-22(2,27)20(34)29-8-10-4-5-12(23)18(17(10)24)31-21-30-13-6-11(19(28)33)15(35-9-16(25)26)7-14(13)32(21)3/h4-7,16H,8-9H2,1-3H3,(H2,28,33)(H,29,34)(H,30,31). The first kappa shape index (κ1) is 26.4. The number of halogens is 5. The molecule has 0 aliphatic rings. The van der Waals surface area contributed by atoms with Gasteiger partial charge in [0.1, 0.15) is 12.4 Å². The highest BCUT2D eigenvalue weighted by molar-refractivity contribution is 6.39. The molecule has 188 valence electrons. The van der Waals surface area contributed by atoms with Crippen molar-refractivity contribution in [2.24, 2.45) is 12.8 Å². The molecule has 0 aliphatic heterocycles. The third kappa shape index (κ3) is 5.91. The average molecular weight is 532 g/mol. The van der Waals surface area contributed by atoms with Gasteiger partial charge in [-0.05, 0) is 31.5 Å². The van der Waals surface area contributed by atoms with Gasteiger partial charge in [-0.2, -0.15) is 0 Å². The molecular formula is C22H22Cl2F3N5O3. The number of alkyl halides is 3. The molecule has 0 fully saturated rings. The quantitative estimate of drug-likeness (QED) is 0.369. The van der Waals surface area contributed by atoms with Gasteiger partial charge in [0, 0.05) is 19.7 Å². The summed E-state index contributed by atoms with van der Waals surface area (Å²) in [6.45, 7) is 1.31. The van der Waals surface area contributed by atoms with E-state index in [-0.39, 0.29) is 39.5 Å². The molecule has 2 amide bonds. The Labute approximate surface area is 208 Å². The number of aromatic nitrogens is 2. The van der Waals surface area contributed by atoms with Gasteiger partial charge in [0.25, 0.3) is 18.2 Å². The van der Waals surface area contributed by atoms with Crippen molar-refractivity contribution >= 4 is 57.7 Å². The van der Waals surface area contributed by atoms with Gasteiger partial charge in [0.2, 0.25) is 5.95 Å². The van der Waals surface area contributed by atoms with E-state index >= 15 is 0 Å². The van der Waals surface area contributed by atoms with Crippen LogP contribution in [-0.4, -0.2) is 40.1 Å². The molecule has 0 bridgehead atoms. The maximum Gasteiger partial charge on any atom is 0.272 e. The zero-order valence-corrected chi connectivity index (χ0v) is 20.4. The first-order valence-electron chi connectivity index (χ1n) is 10.2. The van der Waals surface area contributed by atoms with E-state index in [0.29, 0.717) is 16.6 Å². The Hall–Kier alpha value is -3.18. The van der Waals surface area contributed by atoms with Crippen LogP contribution in [0.5, 0.6) is 5.75 Å². The number of aryl methyl sites for hydroxylation is 1. The van der Waals surface area contributed by atoms with Crippen LogP contribution >= 0.6 is 23.2 Å².